The van der Waals surface area contributed by atoms with Crippen molar-refractivity contribution in [3.8, 4) is 5.75 Å². The van der Waals surface area contributed by atoms with Gasteiger partial charge in [-0.15, -0.1) is 0 Å². The highest BCUT2D eigenvalue weighted by atomic mass is 19.1. The number of aliphatic hydroxyl groups is 2. The molecule has 3 rings (SSSR count). The number of methoxy groups -OCH3 is 1. The molecule has 2 fully saturated rings. The summed E-state index contributed by atoms with van der Waals surface area (Å²) in [6, 6.07) is 4.74. The number of halogens is 1. The normalized spacial score (nSPS) is 25.2. The lowest BCUT2D eigenvalue weighted by atomic mass is 9.79. The summed E-state index contributed by atoms with van der Waals surface area (Å²) < 4.78 is 19.4. The topological polar surface area (TPSA) is 56.2 Å². The number of aliphatic hydroxyl groups excluding tert-OH is 2. The number of rotatable bonds is 6. The van der Waals surface area contributed by atoms with E-state index in [1.54, 1.807) is 19.2 Å². The van der Waals surface area contributed by atoms with Gasteiger partial charge in [-0.2, -0.15) is 0 Å². The average Bonchev–Trinajstić information content (AvgIpc) is 3.01. The lowest BCUT2D eigenvalue weighted by Crippen LogP contribution is -2.46. The van der Waals surface area contributed by atoms with E-state index in [2.05, 4.69) is 9.80 Å². The van der Waals surface area contributed by atoms with Crippen molar-refractivity contribution in [2.24, 2.45) is 5.41 Å². The van der Waals surface area contributed by atoms with E-state index < -0.39 is 0 Å². The van der Waals surface area contributed by atoms with Crippen molar-refractivity contribution in [1.29, 1.82) is 0 Å². The van der Waals surface area contributed by atoms with Gasteiger partial charge in [-0.1, -0.05) is 0 Å². The first-order chi connectivity index (χ1) is 12.1. The molecule has 0 amide bonds. The van der Waals surface area contributed by atoms with Gasteiger partial charge >= 0.3 is 0 Å². The summed E-state index contributed by atoms with van der Waals surface area (Å²) in [5.74, 6) is 0.498. The smallest absolute Gasteiger partial charge is 0.127 e. The third kappa shape index (κ3) is 4.14. The van der Waals surface area contributed by atoms with Gasteiger partial charge in [0.25, 0.3) is 0 Å². The van der Waals surface area contributed by atoms with E-state index in [-0.39, 0.29) is 30.5 Å². The summed E-state index contributed by atoms with van der Waals surface area (Å²) in [6.45, 7) is 4.29. The van der Waals surface area contributed by atoms with Gasteiger partial charge in [-0.25, -0.2) is 4.39 Å². The SMILES string of the molecule is COc1ccc(F)c(CN2CCCC3(CCN(C(CO)CO)C3)C2)c1. The second-order valence-electron chi connectivity index (χ2n) is 7.51. The molecule has 0 bridgehead atoms. The highest BCUT2D eigenvalue weighted by molar-refractivity contribution is 5.29. The fourth-order valence-electron chi connectivity index (χ4n) is 4.39. The van der Waals surface area contributed by atoms with Crippen molar-refractivity contribution in [1.82, 2.24) is 9.80 Å². The number of likely N-dealkylation sites (tertiary alicyclic amines) is 2. The lowest BCUT2D eigenvalue weighted by molar-refractivity contribution is 0.0553. The van der Waals surface area contributed by atoms with Crippen LogP contribution in [0.3, 0.4) is 0 Å². The van der Waals surface area contributed by atoms with Gasteiger partial charge in [0.2, 0.25) is 0 Å². The Morgan fingerprint density at radius 3 is 2.72 bits per heavy atom. The Hall–Kier alpha value is -1.21. The van der Waals surface area contributed by atoms with Crippen LogP contribution in [0.25, 0.3) is 0 Å². The highest BCUT2D eigenvalue weighted by Gasteiger charge is 2.42. The molecule has 1 aromatic carbocycles. The first kappa shape index (κ1) is 18.6. The largest absolute Gasteiger partial charge is 0.497 e. The molecule has 2 N–H and O–H groups in total. The van der Waals surface area contributed by atoms with E-state index in [1.807, 2.05) is 0 Å². The first-order valence-electron chi connectivity index (χ1n) is 9.10. The van der Waals surface area contributed by atoms with Crippen molar-refractivity contribution in [2.45, 2.75) is 31.8 Å². The zero-order valence-corrected chi connectivity index (χ0v) is 15.0. The molecule has 5 nitrogen and oxygen atoms in total. The van der Waals surface area contributed by atoms with Crippen molar-refractivity contribution >= 4 is 0 Å². The fraction of sp³-hybridized carbons (Fsp3) is 0.684. The molecule has 0 saturated carbocycles. The predicted octanol–water partition coefficient (Wildman–Crippen LogP) is 1.48. The van der Waals surface area contributed by atoms with Crippen molar-refractivity contribution in [3.05, 3.63) is 29.6 Å². The maximum absolute atomic E-state index is 14.1. The van der Waals surface area contributed by atoms with Crippen LogP contribution in [0.2, 0.25) is 0 Å². The number of ether oxygens (including phenoxy) is 1. The van der Waals surface area contributed by atoms with E-state index in [1.165, 1.54) is 6.07 Å². The number of hydrogen-bond acceptors (Lipinski definition) is 5. The molecule has 2 aliphatic heterocycles. The third-order valence-corrected chi connectivity index (χ3v) is 5.79. The molecule has 1 atom stereocenters. The molecule has 2 aliphatic rings. The molecule has 1 aromatic rings. The Kier molecular flexibility index (Phi) is 5.94. The quantitative estimate of drug-likeness (QED) is 0.812. The number of benzene rings is 1. The summed E-state index contributed by atoms with van der Waals surface area (Å²) in [4.78, 5) is 4.54. The minimum absolute atomic E-state index is 0.00862. The molecule has 2 heterocycles. The molecular weight excluding hydrogens is 323 g/mol. The van der Waals surface area contributed by atoms with Gasteiger partial charge in [0.05, 0.1) is 26.4 Å². The monoisotopic (exact) mass is 352 g/mol. The highest BCUT2D eigenvalue weighted by Crippen LogP contribution is 2.40. The maximum Gasteiger partial charge on any atom is 0.127 e. The van der Waals surface area contributed by atoms with Crippen LogP contribution >= 0.6 is 0 Å². The summed E-state index contributed by atoms with van der Waals surface area (Å²) >= 11 is 0. The molecule has 1 spiro atoms. The molecule has 0 radical (unpaired) electrons. The predicted molar refractivity (Wildman–Crippen MR) is 94.0 cm³/mol. The van der Waals surface area contributed by atoms with Gasteiger partial charge in [0.1, 0.15) is 11.6 Å². The van der Waals surface area contributed by atoms with E-state index in [9.17, 15) is 14.6 Å². The fourth-order valence-corrected chi connectivity index (χ4v) is 4.39. The van der Waals surface area contributed by atoms with Gasteiger partial charge in [0, 0.05) is 25.2 Å². The Balaban J connectivity index is 1.66. The number of hydrogen-bond donors (Lipinski definition) is 2. The van der Waals surface area contributed by atoms with Crippen LogP contribution in [-0.2, 0) is 6.54 Å². The van der Waals surface area contributed by atoms with E-state index in [0.29, 0.717) is 17.9 Å². The third-order valence-electron chi connectivity index (χ3n) is 5.79. The first-order valence-corrected chi connectivity index (χ1v) is 9.10. The van der Waals surface area contributed by atoms with Crippen molar-refractivity contribution < 1.29 is 19.3 Å². The molecule has 25 heavy (non-hydrogen) atoms. The molecule has 6 heteroatoms. The van der Waals surface area contributed by atoms with Crippen LogP contribution in [0.1, 0.15) is 24.8 Å². The molecule has 0 aromatic heterocycles. The van der Waals surface area contributed by atoms with Gasteiger partial charge in [-0.3, -0.25) is 9.80 Å². The summed E-state index contributed by atoms with van der Waals surface area (Å²) in [5.41, 5.74) is 0.866. The van der Waals surface area contributed by atoms with Gasteiger partial charge < -0.3 is 14.9 Å². The second-order valence-corrected chi connectivity index (χ2v) is 7.51. The summed E-state index contributed by atoms with van der Waals surface area (Å²) in [5, 5.41) is 18.9. The van der Waals surface area contributed by atoms with Gasteiger partial charge in [0.15, 0.2) is 0 Å². The summed E-state index contributed by atoms with van der Waals surface area (Å²) in [6.07, 6.45) is 3.33. The van der Waals surface area contributed by atoms with E-state index in [4.69, 9.17) is 4.74 Å². The number of piperidine rings is 1. The molecule has 1 unspecified atom stereocenters. The molecule has 0 aliphatic carbocycles. The zero-order valence-electron chi connectivity index (χ0n) is 15.0. The number of nitrogens with zero attached hydrogens (tertiary/aromatic N) is 2. The van der Waals surface area contributed by atoms with Crippen molar-refractivity contribution in [3.63, 3.8) is 0 Å². The molecular formula is C19H29FN2O3. The Bertz CT molecular complexity index is 582. The molecule has 2 saturated heterocycles. The van der Waals surface area contributed by atoms with Crippen LogP contribution in [-0.4, -0.2) is 72.6 Å². The van der Waals surface area contributed by atoms with E-state index in [0.717, 1.165) is 45.4 Å². The minimum Gasteiger partial charge on any atom is -0.497 e. The van der Waals surface area contributed by atoms with Crippen LogP contribution in [0.5, 0.6) is 5.75 Å². The van der Waals surface area contributed by atoms with Crippen LogP contribution in [0, 0.1) is 11.2 Å². The van der Waals surface area contributed by atoms with Gasteiger partial charge in [-0.05, 0) is 56.0 Å². The van der Waals surface area contributed by atoms with E-state index >= 15 is 0 Å². The van der Waals surface area contributed by atoms with Crippen LogP contribution < -0.4 is 4.74 Å². The Morgan fingerprint density at radius 1 is 1.20 bits per heavy atom. The Morgan fingerprint density at radius 2 is 2.00 bits per heavy atom. The summed E-state index contributed by atoms with van der Waals surface area (Å²) in [7, 11) is 1.60. The zero-order chi connectivity index (χ0) is 17.9. The average molecular weight is 352 g/mol. The maximum atomic E-state index is 14.1. The lowest BCUT2D eigenvalue weighted by Gasteiger charge is -2.41. The minimum atomic E-state index is -0.186. The van der Waals surface area contributed by atoms with Crippen LogP contribution in [0.15, 0.2) is 18.2 Å². The molecule has 140 valence electrons. The van der Waals surface area contributed by atoms with Crippen LogP contribution in [0.4, 0.5) is 4.39 Å². The van der Waals surface area contributed by atoms with Crippen molar-refractivity contribution in [2.75, 3.05) is 46.5 Å². The standard InChI is InChI=1S/C19H29FN2O3/c1-25-17-3-4-18(20)15(9-17)10-21-7-2-5-19(13-21)6-8-22(14-19)16(11-23)12-24/h3-4,9,16,23-24H,2,5-8,10-14H2,1H3. The Labute approximate surface area is 149 Å². The second kappa shape index (κ2) is 7.99.